The molecule has 3 heterocycles. The van der Waals surface area contributed by atoms with Crippen molar-refractivity contribution in [2.75, 3.05) is 21.2 Å². The SMILES string of the molecule is CCC(=O)O[C@@H]1CC(=O)O[C@H](C)C[C@@H](O)/C=C/C=C\[C@H](C)C[C@H](CC=O)[C@H](O[C@H]2O[C@@H](C)[C@H](O[C@H]3C[C@@](C)(O)[C@H](OC(=O)CC(C)C)[C@@H](C)O3)[C@@H](N(C)C)[C@@H]2O)[C@H]1OC. The van der Waals surface area contributed by atoms with E-state index in [1.165, 1.54) is 7.11 Å². The normalized spacial score (nSPS) is 40.2. The molecule has 0 aromatic heterocycles. The number of hydrogen-bond donors (Lipinski definition) is 3. The summed E-state index contributed by atoms with van der Waals surface area (Å²) in [5.74, 6) is -2.40. The van der Waals surface area contributed by atoms with E-state index in [-0.39, 0.29) is 43.9 Å². The summed E-state index contributed by atoms with van der Waals surface area (Å²) in [6, 6.07) is -0.764. The number of ether oxygens (including phenoxy) is 8. The number of allylic oxidation sites excluding steroid dienone is 3. The summed E-state index contributed by atoms with van der Waals surface area (Å²) in [4.78, 5) is 52.8. The van der Waals surface area contributed by atoms with Crippen LogP contribution in [0, 0.1) is 17.8 Å². The Balaban J connectivity index is 1.98. The molecule has 3 aliphatic rings. The molecule has 0 aliphatic carbocycles. The molecular formula is C43H71NO15. The van der Waals surface area contributed by atoms with Crippen LogP contribution < -0.4 is 0 Å². The van der Waals surface area contributed by atoms with Crippen LogP contribution in [0.2, 0.25) is 0 Å². The first-order valence-corrected chi connectivity index (χ1v) is 21.0. The Hall–Kier alpha value is -2.80. The summed E-state index contributed by atoms with van der Waals surface area (Å²) in [5.41, 5.74) is -1.50. The predicted octanol–water partition coefficient (Wildman–Crippen LogP) is 3.40. The van der Waals surface area contributed by atoms with Crippen LogP contribution in [-0.4, -0.2) is 151 Å². The van der Waals surface area contributed by atoms with Gasteiger partial charge in [-0.15, -0.1) is 0 Å². The average molecular weight is 842 g/mol. The minimum absolute atomic E-state index is 0.00123. The highest BCUT2D eigenvalue weighted by Crippen LogP contribution is 2.37. The van der Waals surface area contributed by atoms with Gasteiger partial charge in [0.2, 0.25) is 0 Å². The molecule has 0 aromatic carbocycles. The second-order valence-electron chi connectivity index (χ2n) is 17.2. The van der Waals surface area contributed by atoms with Crippen molar-refractivity contribution in [1.82, 2.24) is 4.90 Å². The average Bonchev–Trinajstić information content (AvgIpc) is 3.12. The van der Waals surface area contributed by atoms with Gasteiger partial charge in [0, 0.05) is 39.2 Å². The van der Waals surface area contributed by atoms with Crippen molar-refractivity contribution < 1.29 is 72.4 Å². The lowest BCUT2D eigenvalue weighted by Crippen LogP contribution is -2.66. The van der Waals surface area contributed by atoms with E-state index in [9.17, 15) is 34.5 Å². The van der Waals surface area contributed by atoms with Crippen LogP contribution in [0.15, 0.2) is 24.3 Å². The van der Waals surface area contributed by atoms with E-state index in [2.05, 4.69) is 0 Å². The molecule has 0 aromatic rings. The first-order chi connectivity index (χ1) is 27.7. The number of hydrogen-bond acceptors (Lipinski definition) is 16. The number of methoxy groups -OCH3 is 1. The lowest BCUT2D eigenvalue weighted by Gasteiger charge is -2.50. The van der Waals surface area contributed by atoms with Crippen molar-refractivity contribution in [1.29, 1.82) is 0 Å². The molecule has 0 unspecified atom stereocenters. The Morgan fingerprint density at radius 1 is 0.966 bits per heavy atom. The van der Waals surface area contributed by atoms with Gasteiger partial charge in [0.15, 0.2) is 18.7 Å². The van der Waals surface area contributed by atoms with Crippen molar-refractivity contribution in [3.05, 3.63) is 24.3 Å². The molecule has 3 rings (SSSR count). The Bertz CT molecular complexity index is 1400. The molecule has 16 nitrogen and oxygen atoms in total. The Kier molecular flexibility index (Phi) is 20.1. The van der Waals surface area contributed by atoms with Gasteiger partial charge in [-0.3, -0.25) is 14.4 Å². The van der Waals surface area contributed by atoms with Gasteiger partial charge in [0.1, 0.15) is 42.4 Å². The summed E-state index contributed by atoms with van der Waals surface area (Å²) in [6.07, 6.45) is -3.91. The maximum atomic E-state index is 13.4. The molecule has 0 spiro atoms. The van der Waals surface area contributed by atoms with E-state index in [1.54, 1.807) is 71.8 Å². The molecule has 3 N–H and O–H groups in total. The van der Waals surface area contributed by atoms with Crippen LogP contribution >= 0.6 is 0 Å². The van der Waals surface area contributed by atoms with Crippen LogP contribution in [0.4, 0.5) is 0 Å². The lowest BCUT2D eigenvalue weighted by atomic mass is 9.84. The molecule has 3 aliphatic heterocycles. The van der Waals surface area contributed by atoms with E-state index in [0.717, 1.165) is 6.29 Å². The summed E-state index contributed by atoms with van der Waals surface area (Å²) in [6.45, 7) is 14.0. The van der Waals surface area contributed by atoms with Crippen LogP contribution in [0.25, 0.3) is 0 Å². The van der Waals surface area contributed by atoms with Crippen molar-refractivity contribution >= 4 is 24.2 Å². The van der Waals surface area contributed by atoms with Crippen molar-refractivity contribution in [3.8, 4) is 0 Å². The summed E-state index contributed by atoms with van der Waals surface area (Å²) in [7, 11) is 4.90. The van der Waals surface area contributed by atoms with Gasteiger partial charge < -0.3 is 62.9 Å². The third-order valence-corrected chi connectivity index (χ3v) is 11.0. The monoisotopic (exact) mass is 841 g/mol. The molecule has 0 radical (unpaired) electrons. The standard InChI is InChI=1S/C43H71NO15/c1-12-32(47)56-31-22-34(49)53-26(5)21-30(46)16-14-13-15-25(4)20-29(17-18-45)39(40(31)52-11)59-42-37(50)36(44(9)10)38(27(6)55-42)58-35-23-43(8,51)41(28(7)54-35)57-33(48)19-24(2)3/h13-16,18,24-31,35-42,46,50-51H,12,17,19-23H2,1-11H3/b15-13-,16-14+/t25-,26+,27-,28+,29-,30-,31+,35-,36-,37-,38-,39-,40-,41+,42+,43+/m0/s1. The fourth-order valence-corrected chi connectivity index (χ4v) is 8.21. The predicted molar refractivity (Wildman–Crippen MR) is 214 cm³/mol. The van der Waals surface area contributed by atoms with Gasteiger partial charge in [-0.05, 0) is 66.0 Å². The number of rotatable bonds is 13. The fourth-order valence-electron chi connectivity index (χ4n) is 8.21. The number of esters is 3. The largest absolute Gasteiger partial charge is 0.462 e. The zero-order chi connectivity index (χ0) is 44.2. The minimum Gasteiger partial charge on any atom is -0.462 e. The smallest absolute Gasteiger partial charge is 0.309 e. The summed E-state index contributed by atoms with van der Waals surface area (Å²) >= 11 is 0. The maximum Gasteiger partial charge on any atom is 0.309 e. The lowest BCUT2D eigenvalue weighted by molar-refractivity contribution is -0.344. The van der Waals surface area contributed by atoms with Crippen LogP contribution in [0.5, 0.6) is 0 Å². The zero-order valence-corrected chi connectivity index (χ0v) is 36.8. The molecule has 16 atom stereocenters. The van der Waals surface area contributed by atoms with Gasteiger partial charge in [-0.2, -0.15) is 0 Å². The minimum atomic E-state index is -1.50. The van der Waals surface area contributed by atoms with Crippen LogP contribution in [0.1, 0.15) is 100 Å². The molecule has 16 heteroatoms. The van der Waals surface area contributed by atoms with Gasteiger partial charge in [0.05, 0.1) is 36.9 Å². The summed E-state index contributed by atoms with van der Waals surface area (Å²) in [5, 5.41) is 34.0. The van der Waals surface area contributed by atoms with E-state index in [1.807, 2.05) is 26.8 Å². The molecule has 0 amide bonds. The molecule has 338 valence electrons. The van der Waals surface area contributed by atoms with Gasteiger partial charge in [-0.25, -0.2) is 0 Å². The van der Waals surface area contributed by atoms with Crippen LogP contribution in [0.3, 0.4) is 0 Å². The van der Waals surface area contributed by atoms with E-state index >= 15 is 0 Å². The number of carbonyl (C=O) groups excluding carboxylic acids is 4. The Morgan fingerprint density at radius 3 is 2.24 bits per heavy atom. The highest BCUT2D eigenvalue weighted by molar-refractivity contribution is 5.72. The van der Waals surface area contributed by atoms with E-state index < -0.39 is 116 Å². The number of aliphatic hydroxyl groups excluding tert-OH is 2. The van der Waals surface area contributed by atoms with E-state index in [0.29, 0.717) is 6.42 Å². The maximum absolute atomic E-state index is 13.4. The topological polar surface area (TPSA) is 206 Å². The van der Waals surface area contributed by atoms with Crippen molar-refractivity contribution in [3.63, 3.8) is 0 Å². The number of nitrogens with zero attached hydrogens (tertiary/aromatic N) is 1. The fraction of sp³-hybridized carbons (Fsp3) is 0.814. The third kappa shape index (κ3) is 15.0. The highest BCUT2D eigenvalue weighted by atomic mass is 16.7. The van der Waals surface area contributed by atoms with Crippen molar-refractivity contribution in [2.45, 2.75) is 186 Å². The first-order valence-electron chi connectivity index (χ1n) is 21.0. The highest BCUT2D eigenvalue weighted by Gasteiger charge is 2.53. The van der Waals surface area contributed by atoms with Crippen LogP contribution in [-0.2, 0) is 57.1 Å². The van der Waals surface area contributed by atoms with Gasteiger partial charge >= 0.3 is 17.9 Å². The summed E-state index contributed by atoms with van der Waals surface area (Å²) < 4.78 is 48.9. The molecule has 59 heavy (non-hydrogen) atoms. The molecule has 2 saturated heterocycles. The van der Waals surface area contributed by atoms with Gasteiger partial charge in [0.25, 0.3) is 0 Å². The second-order valence-corrected chi connectivity index (χ2v) is 17.2. The Labute approximate surface area is 349 Å². The third-order valence-electron chi connectivity index (χ3n) is 11.0. The Morgan fingerprint density at radius 2 is 1.64 bits per heavy atom. The second kappa shape index (κ2) is 23.4. The number of cyclic esters (lactones) is 1. The zero-order valence-electron chi connectivity index (χ0n) is 36.8. The number of carbonyl (C=O) groups is 4. The first kappa shape index (κ1) is 50.6. The number of likely N-dealkylation sites (N-methyl/N-ethyl adjacent to an activating group) is 1. The van der Waals surface area contributed by atoms with Crippen molar-refractivity contribution in [2.24, 2.45) is 17.8 Å². The quantitative estimate of drug-likeness (QED) is 0.138. The molecule has 0 bridgehead atoms. The molecular weight excluding hydrogens is 770 g/mol. The molecule has 2 fully saturated rings. The number of aldehydes is 1. The number of aliphatic hydroxyl groups is 3. The molecule has 0 saturated carbocycles. The van der Waals surface area contributed by atoms with E-state index in [4.69, 9.17) is 37.9 Å². The van der Waals surface area contributed by atoms with Gasteiger partial charge in [-0.1, -0.05) is 52.0 Å².